The molecule has 4 aliphatic carbocycles. The van der Waals surface area contributed by atoms with Crippen LogP contribution >= 0.6 is 0 Å². The monoisotopic (exact) mass is 531 g/mol. The van der Waals surface area contributed by atoms with Crippen molar-refractivity contribution in [2.45, 2.75) is 75.3 Å². The smallest absolute Gasteiger partial charge is 0.316 e. The van der Waals surface area contributed by atoms with Crippen molar-refractivity contribution in [2.24, 2.45) is 5.41 Å². The number of allylic oxidation sites excluding steroid dienone is 1. The second-order valence-electron chi connectivity index (χ2n) is 11.8. The van der Waals surface area contributed by atoms with Gasteiger partial charge in [-0.2, -0.15) is 4.98 Å². The number of benzene rings is 1. The average Bonchev–Trinajstić information content (AvgIpc) is 3.47. The first-order chi connectivity index (χ1) is 18.8. The standard InChI is InChI=1S/C30H34FN5O3/c1-4-20(24-34-25(39-35-24)28(2)11-12-28)8-5-6-13-36(26(37)29-17-30(31,18-29)19-29)23-10-7-9-21(14-23)22-15-32-27(38-3)33-16-22/h4,7,9-10,14-16,20H,1,5-6,8,11-13,17-19H2,2-3H3. The summed E-state index contributed by atoms with van der Waals surface area (Å²) in [5, 5.41) is 4.22. The van der Waals surface area contributed by atoms with Gasteiger partial charge < -0.3 is 14.2 Å². The molecule has 0 N–H and O–H groups in total. The van der Waals surface area contributed by atoms with Gasteiger partial charge >= 0.3 is 6.01 Å². The molecule has 0 saturated heterocycles. The van der Waals surface area contributed by atoms with E-state index >= 15 is 0 Å². The van der Waals surface area contributed by atoms with E-state index in [1.54, 1.807) is 12.4 Å². The number of hydrogen-bond donors (Lipinski definition) is 0. The van der Waals surface area contributed by atoms with Crippen LogP contribution in [0.5, 0.6) is 6.01 Å². The molecule has 9 heteroatoms. The molecule has 8 nitrogen and oxygen atoms in total. The van der Waals surface area contributed by atoms with E-state index in [9.17, 15) is 9.18 Å². The Morgan fingerprint density at radius 1 is 1.21 bits per heavy atom. The predicted molar refractivity (Wildman–Crippen MR) is 144 cm³/mol. The quantitative estimate of drug-likeness (QED) is 0.210. The van der Waals surface area contributed by atoms with Gasteiger partial charge in [0.25, 0.3) is 0 Å². The Bertz CT molecular complexity index is 1360. The first kappa shape index (κ1) is 25.6. The summed E-state index contributed by atoms with van der Waals surface area (Å²) >= 11 is 0. The molecule has 1 amide bonds. The molecule has 0 aliphatic heterocycles. The maximum Gasteiger partial charge on any atom is 0.316 e. The molecule has 2 bridgehead atoms. The average molecular weight is 532 g/mol. The van der Waals surface area contributed by atoms with Crippen molar-refractivity contribution < 1.29 is 18.4 Å². The Labute approximate surface area is 227 Å². The third-order valence-electron chi connectivity index (χ3n) is 8.69. The van der Waals surface area contributed by atoms with Gasteiger partial charge in [-0.3, -0.25) is 4.79 Å². The summed E-state index contributed by atoms with van der Waals surface area (Å²) in [6.07, 6.45) is 10.9. The maximum absolute atomic E-state index is 14.3. The number of carbonyl (C=O) groups excluding carboxylic acids is 1. The lowest BCUT2D eigenvalue weighted by Gasteiger charge is -2.65. The van der Waals surface area contributed by atoms with Crippen molar-refractivity contribution in [1.82, 2.24) is 20.1 Å². The van der Waals surface area contributed by atoms with Crippen molar-refractivity contribution in [3.05, 3.63) is 61.0 Å². The highest BCUT2D eigenvalue weighted by molar-refractivity contribution is 6.00. The molecule has 0 radical (unpaired) electrons. The topological polar surface area (TPSA) is 94.2 Å². The Hall–Kier alpha value is -3.62. The molecule has 3 aromatic rings. The van der Waals surface area contributed by atoms with Crippen LogP contribution in [-0.4, -0.2) is 45.3 Å². The van der Waals surface area contributed by atoms with Gasteiger partial charge in [0.1, 0.15) is 5.67 Å². The second kappa shape index (κ2) is 9.54. The van der Waals surface area contributed by atoms with Crippen molar-refractivity contribution in [3.8, 4) is 17.1 Å². The highest BCUT2D eigenvalue weighted by atomic mass is 19.1. The maximum atomic E-state index is 14.3. The molecule has 2 heterocycles. The molecule has 2 aromatic heterocycles. The van der Waals surface area contributed by atoms with Crippen LogP contribution in [0.2, 0.25) is 0 Å². The number of amides is 1. The molecule has 7 rings (SSSR count). The Morgan fingerprint density at radius 2 is 1.95 bits per heavy atom. The van der Waals surface area contributed by atoms with E-state index in [4.69, 9.17) is 9.26 Å². The summed E-state index contributed by atoms with van der Waals surface area (Å²) in [4.78, 5) is 28.6. The minimum atomic E-state index is -1.14. The van der Waals surface area contributed by atoms with Gasteiger partial charge in [0.2, 0.25) is 11.8 Å². The van der Waals surface area contributed by atoms with Crippen LogP contribution < -0.4 is 9.64 Å². The minimum Gasteiger partial charge on any atom is -0.467 e. The molecule has 1 unspecified atom stereocenters. The van der Waals surface area contributed by atoms with Gasteiger partial charge in [0.15, 0.2) is 5.82 Å². The number of unbranched alkanes of at least 4 members (excludes halogenated alkanes) is 1. The summed E-state index contributed by atoms with van der Waals surface area (Å²) in [5.41, 5.74) is 0.860. The highest BCUT2D eigenvalue weighted by Crippen LogP contribution is 2.70. The van der Waals surface area contributed by atoms with Gasteiger partial charge in [-0.05, 0) is 62.6 Å². The lowest BCUT2D eigenvalue weighted by molar-refractivity contribution is -0.211. The molecule has 204 valence electrons. The number of nitrogens with zero attached hydrogens (tertiary/aromatic N) is 5. The Balaban J connectivity index is 1.15. The number of hydrogen-bond acceptors (Lipinski definition) is 7. The third kappa shape index (κ3) is 4.72. The number of ether oxygens (including phenoxy) is 1. The first-order valence-corrected chi connectivity index (χ1v) is 13.7. The fourth-order valence-electron chi connectivity index (χ4n) is 5.97. The lowest BCUT2D eigenvalue weighted by atomic mass is 9.42. The molecule has 1 aromatic carbocycles. The van der Waals surface area contributed by atoms with Crippen LogP contribution in [-0.2, 0) is 10.2 Å². The van der Waals surface area contributed by atoms with Gasteiger partial charge in [-0.25, -0.2) is 14.4 Å². The van der Waals surface area contributed by atoms with Crippen LogP contribution in [0.1, 0.15) is 75.9 Å². The number of rotatable bonds is 12. The van der Waals surface area contributed by atoms with Gasteiger partial charge in [0, 0.05) is 41.5 Å². The summed E-state index contributed by atoms with van der Waals surface area (Å²) < 4.78 is 24.9. The van der Waals surface area contributed by atoms with E-state index in [1.165, 1.54) is 7.11 Å². The van der Waals surface area contributed by atoms with E-state index in [1.807, 2.05) is 35.2 Å². The van der Waals surface area contributed by atoms with Gasteiger partial charge in [-0.15, -0.1) is 6.58 Å². The first-order valence-electron chi connectivity index (χ1n) is 13.7. The van der Waals surface area contributed by atoms with Crippen molar-refractivity contribution in [1.29, 1.82) is 0 Å². The molecule has 4 fully saturated rings. The van der Waals surface area contributed by atoms with Crippen molar-refractivity contribution in [2.75, 3.05) is 18.6 Å². The number of carbonyl (C=O) groups is 1. The lowest BCUT2D eigenvalue weighted by Crippen LogP contribution is -2.70. The largest absolute Gasteiger partial charge is 0.467 e. The zero-order valence-corrected chi connectivity index (χ0v) is 22.5. The molecule has 0 spiro atoms. The van der Waals surface area contributed by atoms with Crippen LogP contribution in [0.25, 0.3) is 11.1 Å². The van der Waals surface area contributed by atoms with Crippen molar-refractivity contribution >= 4 is 11.6 Å². The van der Waals surface area contributed by atoms with Gasteiger partial charge in [0.05, 0.1) is 12.5 Å². The van der Waals surface area contributed by atoms with Crippen molar-refractivity contribution in [3.63, 3.8) is 0 Å². The highest BCUT2D eigenvalue weighted by Gasteiger charge is 2.73. The number of halogens is 1. The van der Waals surface area contributed by atoms with E-state index in [-0.39, 0.29) is 17.2 Å². The van der Waals surface area contributed by atoms with E-state index in [0.717, 1.165) is 48.9 Å². The third-order valence-corrected chi connectivity index (χ3v) is 8.69. The summed E-state index contributed by atoms with van der Waals surface area (Å²) in [6.45, 7) is 6.67. The summed E-state index contributed by atoms with van der Waals surface area (Å²) in [6, 6.07) is 8.10. The Kier molecular flexibility index (Phi) is 6.27. The summed E-state index contributed by atoms with van der Waals surface area (Å²) in [7, 11) is 1.52. The number of aromatic nitrogens is 4. The summed E-state index contributed by atoms with van der Waals surface area (Å²) in [5.74, 6) is 1.41. The zero-order valence-electron chi connectivity index (χ0n) is 22.5. The van der Waals surface area contributed by atoms with Crippen LogP contribution in [0.15, 0.2) is 53.8 Å². The molecule has 39 heavy (non-hydrogen) atoms. The molecule has 4 aliphatic rings. The molecular weight excluding hydrogens is 497 g/mol. The van der Waals surface area contributed by atoms with E-state index in [0.29, 0.717) is 43.5 Å². The van der Waals surface area contributed by atoms with Gasteiger partial charge in [-0.1, -0.05) is 36.7 Å². The molecule has 4 saturated carbocycles. The number of alkyl halides is 1. The Morgan fingerprint density at radius 3 is 2.59 bits per heavy atom. The minimum absolute atomic E-state index is 0.00332. The normalized spacial score (nSPS) is 24.7. The fraction of sp³-hybridized carbons (Fsp3) is 0.500. The second-order valence-corrected chi connectivity index (χ2v) is 11.8. The number of anilines is 1. The van der Waals surface area contributed by atoms with E-state index < -0.39 is 11.1 Å². The van der Waals surface area contributed by atoms with E-state index in [2.05, 4.69) is 33.6 Å². The fourth-order valence-corrected chi connectivity index (χ4v) is 5.97. The SMILES string of the molecule is C=CC(CCCCN(C(=O)C12CC(F)(C1)C2)c1cccc(-c2cnc(OC)nc2)c1)c1noc(C2(C)CC2)n1. The molecule has 1 atom stereocenters. The van der Waals surface area contributed by atoms with Crippen LogP contribution in [0, 0.1) is 5.41 Å². The zero-order chi connectivity index (χ0) is 27.3. The van der Waals surface area contributed by atoms with Crippen LogP contribution in [0.4, 0.5) is 10.1 Å². The van der Waals surface area contributed by atoms with Crippen LogP contribution in [0.3, 0.4) is 0 Å². The number of methoxy groups -OCH3 is 1. The predicted octanol–water partition coefficient (Wildman–Crippen LogP) is 5.95. The molecular formula is C30H34FN5O3.